The van der Waals surface area contributed by atoms with E-state index < -0.39 is 9.05 Å². The molecule has 40 valence electrons. The predicted molar refractivity (Wildman–Crippen MR) is 15.1 cm³/mol. The molecule has 0 spiro atoms. The molecule has 0 atom stereocenters. The number of rotatable bonds is 0. The molecule has 5 nitrogen and oxygen atoms in total. The van der Waals surface area contributed by atoms with E-state index in [2.05, 4.69) is 0 Å². The third-order valence-electron chi connectivity index (χ3n) is 0. The van der Waals surface area contributed by atoms with Gasteiger partial charge in [-0.05, 0) is 0 Å². The Kier molecular flexibility index (Phi) is 25.8. The monoisotopic (exact) mass is 176 g/mol. The van der Waals surface area contributed by atoms with Crippen LogP contribution in [0.2, 0.25) is 0 Å². The van der Waals surface area contributed by atoms with Crippen LogP contribution in [-0.2, 0) is 0 Å². The fourth-order valence-electron chi connectivity index (χ4n) is 0. The molecule has 0 saturated carbocycles. The van der Waals surface area contributed by atoms with Gasteiger partial charge in [0, 0.05) is 0 Å². The van der Waals surface area contributed by atoms with Crippen molar-refractivity contribution in [3.05, 3.63) is 0 Å². The van der Waals surface area contributed by atoms with Gasteiger partial charge in [-0.15, -0.1) is 0 Å². The SMILES string of the molecule is O.[Al+3].[K+].[O-][Si]([O-])([O-])[O-]. The molecule has 0 aromatic heterocycles. The van der Waals surface area contributed by atoms with E-state index in [-0.39, 0.29) is 74.2 Å². The summed E-state index contributed by atoms with van der Waals surface area (Å²) in [4.78, 5) is 34.3. The van der Waals surface area contributed by atoms with Crippen molar-refractivity contribution in [3.63, 3.8) is 0 Å². The zero-order valence-electron chi connectivity index (χ0n) is 4.21. The molecule has 0 aliphatic rings. The van der Waals surface area contributed by atoms with Crippen LogP contribution in [0.3, 0.4) is 0 Å². The minimum absolute atomic E-state index is 0. The van der Waals surface area contributed by atoms with E-state index in [4.69, 9.17) is 19.2 Å². The quantitative estimate of drug-likeness (QED) is 0.340. The second-order valence-electron chi connectivity index (χ2n) is 0.500. The van der Waals surface area contributed by atoms with Crippen molar-refractivity contribution >= 4 is 26.4 Å². The van der Waals surface area contributed by atoms with E-state index in [1.807, 2.05) is 0 Å². The first-order chi connectivity index (χ1) is 2.00. The normalized spacial score (nSPS) is 7.50. The molecule has 0 amide bonds. The second kappa shape index (κ2) is 9.19. The Morgan fingerprint density at radius 3 is 0.875 bits per heavy atom. The summed E-state index contributed by atoms with van der Waals surface area (Å²) in [7, 11) is -5.61. The summed E-state index contributed by atoms with van der Waals surface area (Å²) in [6.45, 7) is 0. The van der Waals surface area contributed by atoms with Crippen molar-refractivity contribution in [2.24, 2.45) is 0 Å². The first-order valence-electron chi connectivity index (χ1n) is 0.816. The van der Waals surface area contributed by atoms with Gasteiger partial charge in [0.1, 0.15) is 0 Å². The van der Waals surface area contributed by atoms with E-state index >= 15 is 0 Å². The molecule has 0 aromatic rings. The van der Waals surface area contributed by atoms with Gasteiger partial charge >= 0.3 is 68.7 Å². The van der Waals surface area contributed by atoms with Gasteiger partial charge in [-0.3, -0.25) is 0 Å². The van der Waals surface area contributed by atoms with Crippen molar-refractivity contribution in [1.82, 2.24) is 0 Å². The van der Waals surface area contributed by atoms with Crippen LogP contribution in [0.4, 0.5) is 0 Å². The number of hydrogen-bond donors (Lipinski definition) is 0. The standard InChI is InChI=1S/Al.K.O4Si.H2O/c;;1-5(2,3)4;/h;;;1H2/q+3;+1;-4;. The third-order valence-corrected chi connectivity index (χ3v) is 0. The van der Waals surface area contributed by atoms with E-state index in [0.29, 0.717) is 0 Å². The molecule has 0 aliphatic carbocycles. The van der Waals surface area contributed by atoms with Crippen LogP contribution in [0.1, 0.15) is 0 Å². The Morgan fingerprint density at radius 1 is 0.875 bits per heavy atom. The van der Waals surface area contributed by atoms with Crippen molar-refractivity contribution in [2.45, 2.75) is 0 Å². The average molecular weight is 176 g/mol. The molecule has 8 heteroatoms. The van der Waals surface area contributed by atoms with Crippen LogP contribution in [0.15, 0.2) is 0 Å². The topological polar surface area (TPSA) is 124 Å². The summed E-state index contributed by atoms with van der Waals surface area (Å²) in [5, 5.41) is 0. The molecule has 0 heterocycles. The van der Waals surface area contributed by atoms with Gasteiger partial charge in [-0.1, -0.05) is 0 Å². The first kappa shape index (κ1) is 22.5. The largest absolute Gasteiger partial charge is 3.00 e. The average Bonchev–Trinajstić information content (AvgIpc) is 0.722. The van der Waals surface area contributed by atoms with E-state index in [1.54, 1.807) is 0 Å². The molecule has 0 bridgehead atoms. The summed E-state index contributed by atoms with van der Waals surface area (Å²) >= 11 is 0. The molecule has 0 unspecified atom stereocenters. The Labute approximate surface area is 101 Å². The van der Waals surface area contributed by atoms with Gasteiger partial charge in [0.05, 0.1) is 0 Å². The maximum Gasteiger partial charge on any atom is 3.00 e. The van der Waals surface area contributed by atoms with Crippen LogP contribution >= 0.6 is 0 Å². The molecule has 0 aliphatic heterocycles. The van der Waals surface area contributed by atoms with Gasteiger partial charge in [0.2, 0.25) is 0 Å². The molecule has 0 fully saturated rings. The molecular weight excluding hydrogens is 174 g/mol. The van der Waals surface area contributed by atoms with Gasteiger partial charge in [-0.25, -0.2) is 0 Å². The van der Waals surface area contributed by atoms with Gasteiger partial charge in [0.25, 0.3) is 0 Å². The van der Waals surface area contributed by atoms with Gasteiger partial charge in [0.15, 0.2) is 0 Å². The Balaban J connectivity index is -0.0000000267. The van der Waals surface area contributed by atoms with Gasteiger partial charge < -0.3 is 33.7 Å². The van der Waals surface area contributed by atoms with Crippen molar-refractivity contribution in [1.29, 1.82) is 0 Å². The minimum Gasteiger partial charge on any atom is -0.894 e. The first-order valence-corrected chi connectivity index (χ1v) is 2.45. The fraction of sp³-hybridized carbons (Fsp3) is 0. The molecule has 0 rings (SSSR count). The molecule has 0 radical (unpaired) electrons. The molecule has 2 N–H and O–H groups in total. The zero-order chi connectivity index (χ0) is 4.50. The molecular formula is H2AlKO5Si. The van der Waals surface area contributed by atoms with Crippen molar-refractivity contribution in [2.75, 3.05) is 0 Å². The molecule has 0 saturated heterocycles. The van der Waals surface area contributed by atoms with E-state index in [1.165, 1.54) is 0 Å². The Bertz CT molecular complexity index is 27.9. The van der Waals surface area contributed by atoms with Crippen LogP contribution in [-0.4, -0.2) is 31.9 Å². The predicted octanol–water partition coefficient (Wildman–Crippen LogP) is -9.34. The van der Waals surface area contributed by atoms with Crippen molar-refractivity contribution < 1.29 is 76.0 Å². The van der Waals surface area contributed by atoms with Crippen LogP contribution in [0.5, 0.6) is 0 Å². The smallest absolute Gasteiger partial charge is 0.894 e. The summed E-state index contributed by atoms with van der Waals surface area (Å²) in [5.41, 5.74) is 0. The minimum atomic E-state index is -5.61. The summed E-state index contributed by atoms with van der Waals surface area (Å²) in [5.74, 6) is 0. The third kappa shape index (κ3) is 88.5. The molecule has 0 aromatic carbocycles. The van der Waals surface area contributed by atoms with Crippen LogP contribution < -0.4 is 70.6 Å². The van der Waals surface area contributed by atoms with Crippen LogP contribution in [0.25, 0.3) is 0 Å². The fourth-order valence-corrected chi connectivity index (χ4v) is 0. The van der Waals surface area contributed by atoms with E-state index in [9.17, 15) is 0 Å². The number of hydrogen-bond acceptors (Lipinski definition) is 4. The van der Waals surface area contributed by atoms with Crippen LogP contribution in [0, 0.1) is 0 Å². The van der Waals surface area contributed by atoms with E-state index in [0.717, 1.165) is 0 Å². The maximum atomic E-state index is 8.58. The summed E-state index contributed by atoms with van der Waals surface area (Å²) in [6, 6.07) is 0. The molecule has 8 heavy (non-hydrogen) atoms. The zero-order valence-corrected chi connectivity index (χ0v) is 9.49. The Hall–Kier alpha value is 2.19. The Morgan fingerprint density at radius 2 is 0.875 bits per heavy atom. The van der Waals surface area contributed by atoms with Crippen molar-refractivity contribution in [3.8, 4) is 0 Å². The summed E-state index contributed by atoms with van der Waals surface area (Å²) < 4.78 is 0. The van der Waals surface area contributed by atoms with Gasteiger partial charge in [-0.2, -0.15) is 0 Å². The summed E-state index contributed by atoms with van der Waals surface area (Å²) in [6.07, 6.45) is 0. The second-order valence-corrected chi connectivity index (χ2v) is 1.50. The maximum absolute atomic E-state index is 8.58.